The van der Waals surface area contributed by atoms with Crippen LogP contribution in [0, 0.1) is 12.7 Å². The van der Waals surface area contributed by atoms with Gasteiger partial charge in [-0.2, -0.15) is 0 Å². The van der Waals surface area contributed by atoms with E-state index < -0.39 is 0 Å². The Bertz CT molecular complexity index is 418. The average Bonchev–Trinajstić information content (AvgIpc) is 2.04. The van der Waals surface area contributed by atoms with Crippen molar-refractivity contribution in [3.8, 4) is 0 Å². The lowest BCUT2D eigenvalue weighted by Crippen LogP contribution is -1.79. The molecule has 2 aromatic rings. The van der Waals surface area contributed by atoms with Gasteiger partial charge in [0.15, 0.2) is 0 Å². The molecule has 0 aliphatic heterocycles. The summed E-state index contributed by atoms with van der Waals surface area (Å²) in [5.74, 6) is -0.173. The van der Waals surface area contributed by atoms with Crippen LogP contribution in [0.2, 0.25) is 0 Å². The smallest absolute Gasteiger partial charge is 0.123 e. The topological polar surface area (TPSA) is 0 Å². The van der Waals surface area contributed by atoms with Gasteiger partial charge in [-0.3, -0.25) is 0 Å². The molecule has 0 fully saturated rings. The Balaban J connectivity index is 2.86. The van der Waals surface area contributed by atoms with Gasteiger partial charge in [0, 0.05) is 0 Å². The maximum absolute atomic E-state index is 12.8. The van der Waals surface area contributed by atoms with Crippen LogP contribution in [0.5, 0.6) is 0 Å². The highest BCUT2D eigenvalue weighted by Gasteiger charge is 1.96. The fourth-order valence-electron chi connectivity index (χ4n) is 1.42. The molecule has 0 saturated carbocycles. The van der Waals surface area contributed by atoms with Crippen LogP contribution in [0.4, 0.5) is 4.39 Å². The van der Waals surface area contributed by atoms with Crippen LogP contribution in [0.25, 0.3) is 10.8 Å². The van der Waals surface area contributed by atoms with Crippen LogP contribution < -0.4 is 0 Å². The summed E-state index contributed by atoms with van der Waals surface area (Å²) in [5, 5.41) is 2.09. The zero-order valence-electron chi connectivity index (χ0n) is 6.84. The predicted molar refractivity (Wildman–Crippen MR) is 48.6 cm³/mol. The van der Waals surface area contributed by atoms with Crippen molar-refractivity contribution in [2.24, 2.45) is 0 Å². The van der Waals surface area contributed by atoms with E-state index in [-0.39, 0.29) is 5.82 Å². The minimum atomic E-state index is -0.173. The summed E-state index contributed by atoms with van der Waals surface area (Å²) in [6, 6.07) is 10.8. The van der Waals surface area contributed by atoms with Crippen LogP contribution in [-0.4, -0.2) is 0 Å². The maximum atomic E-state index is 12.8. The molecule has 12 heavy (non-hydrogen) atoms. The van der Waals surface area contributed by atoms with Gasteiger partial charge in [0.25, 0.3) is 0 Å². The minimum Gasteiger partial charge on any atom is -0.207 e. The number of aryl methyl sites for hydroxylation is 1. The Morgan fingerprint density at radius 2 is 1.92 bits per heavy atom. The molecule has 0 amide bonds. The van der Waals surface area contributed by atoms with Crippen LogP contribution in [0.3, 0.4) is 0 Å². The molecule has 1 heteroatoms. The molecule has 0 atom stereocenters. The molecule has 2 rings (SSSR count). The first-order valence-electron chi connectivity index (χ1n) is 3.92. The predicted octanol–water partition coefficient (Wildman–Crippen LogP) is 3.29. The second-order valence-corrected chi connectivity index (χ2v) is 2.94. The third kappa shape index (κ3) is 1.07. The van der Waals surface area contributed by atoms with E-state index in [0.29, 0.717) is 0 Å². The summed E-state index contributed by atoms with van der Waals surface area (Å²) < 4.78 is 12.8. The van der Waals surface area contributed by atoms with Crippen molar-refractivity contribution in [2.75, 3.05) is 0 Å². The van der Waals surface area contributed by atoms with Crippen molar-refractivity contribution in [2.45, 2.75) is 6.92 Å². The normalized spacial score (nSPS) is 10.5. The summed E-state index contributed by atoms with van der Waals surface area (Å²) >= 11 is 0. The van der Waals surface area contributed by atoms with E-state index in [2.05, 4.69) is 0 Å². The van der Waals surface area contributed by atoms with E-state index in [1.165, 1.54) is 11.6 Å². The van der Waals surface area contributed by atoms with E-state index in [9.17, 15) is 4.39 Å². The number of rotatable bonds is 0. The van der Waals surface area contributed by atoms with Gasteiger partial charge in [0.05, 0.1) is 0 Å². The molecule has 60 valence electrons. The van der Waals surface area contributed by atoms with Gasteiger partial charge in [-0.1, -0.05) is 24.3 Å². The molecule has 0 unspecified atom stereocenters. The number of hydrogen-bond donors (Lipinski definition) is 0. The molecular formula is C11H9F. The van der Waals surface area contributed by atoms with Gasteiger partial charge in [-0.05, 0) is 35.4 Å². The number of hydrogen-bond acceptors (Lipinski definition) is 0. The lowest BCUT2D eigenvalue weighted by molar-refractivity contribution is 0.630. The van der Waals surface area contributed by atoms with Gasteiger partial charge < -0.3 is 0 Å². The van der Waals surface area contributed by atoms with Crippen molar-refractivity contribution in [1.82, 2.24) is 0 Å². The van der Waals surface area contributed by atoms with Crippen molar-refractivity contribution in [3.63, 3.8) is 0 Å². The maximum Gasteiger partial charge on any atom is 0.123 e. The molecular weight excluding hydrogens is 151 g/mol. The summed E-state index contributed by atoms with van der Waals surface area (Å²) in [6.45, 7) is 2.03. The molecule has 0 nitrogen and oxygen atoms in total. The number of halogens is 1. The van der Waals surface area contributed by atoms with E-state index in [0.717, 1.165) is 10.8 Å². The molecule has 2 aromatic carbocycles. The zero-order chi connectivity index (χ0) is 8.55. The lowest BCUT2D eigenvalue weighted by atomic mass is 10.1. The molecule has 0 spiro atoms. The zero-order valence-corrected chi connectivity index (χ0v) is 6.84. The second kappa shape index (κ2) is 2.59. The first-order valence-corrected chi connectivity index (χ1v) is 3.92. The Labute approximate surface area is 70.6 Å². The summed E-state index contributed by atoms with van der Waals surface area (Å²) in [4.78, 5) is 0. The molecule has 0 bridgehead atoms. The fraction of sp³-hybridized carbons (Fsp3) is 0.0909. The summed E-state index contributed by atoms with van der Waals surface area (Å²) in [5.41, 5.74) is 1.19. The Morgan fingerprint density at radius 1 is 1.08 bits per heavy atom. The van der Waals surface area contributed by atoms with E-state index in [1.807, 2.05) is 31.2 Å². The molecule has 0 aromatic heterocycles. The van der Waals surface area contributed by atoms with Crippen LogP contribution >= 0.6 is 0 Å². The Kier molecular flexibility index (Phi) is 1.58. The van der Waals surface area contributed by atoms with E-state index >= 15 is 0 Å². The second-order valence-electron chi connectivity index (χ2n) is 2.94. The van der Waals surface area contributed by atoms with Crippen molar-refractivity contribution < 1.29 is 4.39 Å². The van der Waals surface area contributed by atoms with E-state index in [1.54, 1.807) is 6.07 Å². The van der Waals surface area contributed by atoms with E-state index in [4.69, 9.17) is 0 Å². The average molecular weight is 160 g/mol. The Morgan fingerprint density at radius 3 is 2.75 bits per heavy atom. The molecule has 0 N–H and O–H groups in total. The van der Waals surface area contributed by atoms with Gasteiger partial charge in [0.1, 0.15) is 5.82 Å². The number of fused-ring (bicyclic) bond motifs is 1. The minimum absolute atomic E-state index is 0.173. The van der Waals surface area contributed by atoms with Crippen LogP contribution in [0.1, 0.15) is 5.56 Å². The highest BCUT2D eigenvalue weighted by molar-refractivity contribution is 5.85. The van der Waals surface area contributed by atoms with Gasteiger partial charge in [0.2, 0.25) is 0 Å². The summed E-state index contributed by atoms with van der Waals surface area (Å²) in [7, 11) is 0. The van der Waals surface area contributed by atoms with Crippen molar-refractivity contribution >= 4 is 10.8 Å². The first kappa shape index (κ1) is 7.29. The first-order chi connectivity index (χ1) is 5.77. The quantitative estimate of drug-likeness (QED) is 0.554. The monoisotopic (exact) mass is 160 g/mol. The van der Waals surface area contributed by atoms with Gasteiger partial charge in [-0.15, -0.1) is 0 Å². The van der Waals surface area contributed by atoms with Crippen molar-refractivity contribution in [3.05, 3.63) is 47.8 Å². The lowest BCUT2D eigenvalue weighted by Gasteiger charge is -2.00. The fourth-order valence-corrected chi connectivity index (χ4v) is 1.42. The highest BCUT2D eigenvalue weighted by Crippen LogP contribution is 2.18. The number of benzene rings is 2. The van der Waals surface area contributed by atoms with Crippen LogP contribution in [-0.2, 0) is 0 Å². The largest absolute Gasteiger partial charge is 0.207 e. The summed E-state index contributed by atoms with van der Waals surface area (Å²) in [6.07, 6.45) is 0. The Hall–Kier alpha value is -1.37. The highest BCUT2D eigenvalue weighted by atomic mass is 19.1. The van der Waals surface area contributed by atoms with Crippen molar-refractivity contribution in [1.29, 1.82) is 0 Å². The van der Waals surface area contributed by atoms with Crippen LogP contribution in [0.15, 0.2) is 36.4 Å². The molecule has 0 aliphatic rings. The molecule has 0 aliphatic carbocycles. The van der Waals surface area contributed by atoms with Gasteiger partial charge in [-0.25, -0.2) is 4.39 Å². The third-order valence-electron chi connectivity index (χ3n) is 2.06. The third-order valence-corrected chi connectivity index (χ3v) is 2.06. The SMILES string of the molecule is Cc1cccc2cc(F)ccc12. The molecule has 0 radical (unpaired) electrons. The van der Waals surface area contributed by atoms with Gasteiger partial charge >= 0.3 is 0 Å². The standard InChI is InChI=1S/C11H9F/c1-8-3-2-4-9-7-10(12)5-6-11(8)9/h2-7H,1H3. The molecule has 0 saturated heterocycles. The molecule has 0 heterocycles.